The number of nitrogens with one attached hydrogen (secondary N) is 1. The van der Waals surface area contributed by atoms with Crippen LogP contribution in [0.25, 0.3) is 0 Å². The van der Waals surface area contributed by atoms with E-state index in [0.29, 0.717) is 6.04 Å². The van der Waals surface area contributed by atoms with Crippen molar-refractivity contribution in [3.8, 4) is 0 Å². The summed E-state index contributed by atoms with van der Waals surface area (Å²) in [5.41, 5.74) is 1.26. The predicted molar refractivity (Wildman–Crippen MR) is 58.0 cm³/mol. The third-order valence-electron chi connectivity index (χ3n) is 2.17. The second kappa shape index (κ2) is 5.29. The Balaban J connectivity index is 2.61. The summed E-state index contributed by atoms with van der Waals surface area (Å²) in [5, 5.41) is 7.47. The third-order valence-corrected chi connectivity index (χ3v) is 2.82. The van der Waals surface area contributed by atoms with Gasteiger partial charge in [-0.15, -0.1) is 0 Å². The van der Waals surface area contributed by atoms with Crippen LogP contribution in [0.4, 0.5) is 0 Å². The molecular formula is C9H17N3S. The van der Waals surface area contributed by atoms with Gasteiger partial charge in [-0.25, -0.2) is 0 Å². The normalized spacial score (nSPS) is 13.2. The first-order chi connectivity index (χ1) is 6.29. The molecule has 0 amide bonds. The van der Waals surface area contributed by atoms with Crippen molar-refractivity contribution in [2.75, 3.05) is 19.1 Å². The SMILES string of the molecule is CNC(CCSC)c1ccnn1C. The molecule has 0 fully saturated rings. The fraction of sp³-hybridized carbons (Fsp3) is 0.667. The molecule has 1 unspecified atom stereocenters. The lowest BCUT2D eigenvalue weighted by atomic mass is 10.1. The second-order valence-electron chi connectivity index (χ2n) is 3.00. The molecule has 0 aromatic carbocycles. The summed E-state index contributed by atoms with van der Waals surface area (Å²) >= 11 is 1.88. The fourth-order valence-corrected chi connectivity index (χ4v) is 1.87. The van der Waals surface area contributed by atoms with Crippen LogP contribution in [0, 0.1) is 0 Å². The molecule has 1 heterocycles. The molecule has 0 aliphatic carbocycles. The van der Waals surface area contributed by atoms with Crippen LogP contribution in [-0.4, -0.2) is 28.8 Å². The summed E-state index contributed by atoms with van der Waals surface area (Å²) in [5.74, 6) is 1.18. The van der Waals surface area contributed by atoms with E-state index in [1.165, 1.54) is 11.4 Å². The van der Waals surface area contributed by atoms with E-state index >= 15 is 0 Å². The Bertz CT molecular complexity index is 247. The molecule has 74 valence electrons. The van der Waals surface area contributed by atoms with E-state index in [2.05, 4.69) is 22.7 Å². The van der Waals surface area contributed by atoms with Crippen molar-refractivity contribution >= 4 is 11.8 Å². The first-order valence-corrected chi connectivity index (χ1v) is 5.83. The highest BCUT2D eigenvalue weighted by molar-refractivity contribution is 7.98. The minimum Gasteiger partial charge on any atom is -0.312 e. The topological polar surface area (TPSA) is 29.9 Å². The van der Waals surface area contributed by atoms with Gasteiger partial charge in [0.15, 0.2) is 0 Å². The Morgan fingerprint density at radius 1 is 1.69 bits per heavy atom. The van der Waals surface area contributed by atoms with Gasteiger partial charge in [0.05, 0.1) is 5.69 Å². The van der Waals surface area contributed by atoms with Crippen LogP contribution in [-0.2, 0) is 7.05 Å². The molecular weight excluding hydrogens is 182 g/mol. The molecule has 0 aliphatic heterocycles. The largest absolute Gasteiger partial charge is 0.312 e. The number of hydrogen-bond acceptors (Lipinski definition) is 3. The maximum atomic E-state index is 4.16. The van der Waals surface area contributed by atoms with Gasteiger partial charge in [0.2, 0.25) is 0 Å². The number of rotatable bonds is 5. The molecule has 3 nitrogen and oxygen atoms in total. The van der Waals surface area contributed by atoms with Gasteiger partial charge in [-0.3, -0.25) is 4.68 Å². The number of nitrogens with zero attached hydrogens (tertiary/aromatic N) is 2. The van der Waals surface area contributed by atoms with Crippen molar-refractivity contribution in [2.24, 2.45) is 7.05 Å². The molecule has 0 saturated carbocycles. The molecule has 13 heavy (non-hydrogen) atoms. The van der Waals surface area contributed by atoms with Gasteiger partial charge < -0.3 is 5.32 Å². The van der Waals surface area contributed by atoms with E-state index in [4.69, 9.17) is 0 Å². The number of aryl methyl sites for hydroxylation is 1. The first kappa shape index (κ1) is 10.6. The quantitative estimate of drug-likeness (QED) is 0.778. The van der Waals surface area contributed by atoms with Crippen LogP contribution in [0.5, 0.6) is 0 Å². The summed E-state index contributed by atoms with van der Waals surface area (Å²) < 4.78 is 1.93. The standard InChI is InChI=1S/C9H17N3S/c1-10-8(5-7-13-3)9-4-6-11-12(9)2/h4,6,8,10H,5,7H2,1-3H3. The monoisotopic (exact) mass is 199 g/mol. The zero-order chi connectivity index (χ0) is 9.68. The van der Waals surface area contributed by atoms with Gasteiger partial charge in [-0.05, 0) is 31.5 Å². The van der Waals surface area contributed by atoms with Crippen LogP contribution in [0.1, 0.15) is 18.2 Å². The smallest absolute Gasteiger partial charge is 0.0550 e. The van der Waals surface area contributed by atoms with Crippen LogP contribution in [0.15, 0.2) is 12.3 Å². The Labute approximate surface area is 83.9 Å². The molecule has 0 aliphatic rings. The molecule has 0 saturated heterocycles. The zero-order valence-electron chi connectivity index (χ0n) is 8.45. The van der Waals surface area contributed by atoms with Gasteiger partial charge in [0.25, 0.3) is 0 Å². The molecule has 1 rings (SSSR count). The fourth-order valence-electron chi connectivity index (χ4n) is 1.40. The van der Waals surface area contributed by atoms with Crippen molar-refractivity contribution in [3.05, 3.63) is 18.0 Å². The molecule has 0 radical (unpaired) electrons. The summed E-state index contributed by atoms with van der Waals surface area (Å²) in [7, 11) is 3.98. The maximum Gasteiger partial charge on any atom is 0.0550 e. The maximum absolute atomic E-state index is 4.16. The van der Waals surface area contributed by atoms with Crippen LogP contribution >= 0.6 is 11.8 Å². The lowest BCUT2D eigenvalue weighted by molar-refractivity contribution is 0.529. The zero-order valence-corrected chi connectivity index (χ0v) is 9.27. The van der Waals surface area contributed by atoms with Gasteiger partial charge in [-0.1, -0.05) is 0 Å². The number of thioether (sulfide) groups is 1. The summed E-state index contributed by atoms with van der Waals surface area (Å²) in [6, 6.07) is 2.50. The Hall–Kier alpha value is -0.480. The molecule has 4 heteroatoms. The van der Waals surface area contributed by atoms with Crippen molar-refractivity contribution in [1.29, 1.82) is 0 Å². The van der Waals surface area contributed by atoms with Gasteiger partial charge in [0.1, 0.15) is 0 Å². The molecule has 1 N–H and O–H groups in total. The Morgan fingerprint density at radius 3 is 2.92 bits per heavy atom. The highest BCUT2D eigenvalue weighted by Crippen LogP contribution is 2.16. The Kier molecular flexibility index (Phi) is 4.32. The van der Waals surface area contributed by atoms with E-state index in [9.17, 15) is 0 Å². The van der Waals surface area contributed by atoms with E-state index in [1.807, 2.05) is 36.7 Å². The minimum absolute atomic E-state index is 0.431. The average molecular weight is 199 g/mol. The highest BCUT2D eigenvalue weighted by Gasteiger charge is 2.11. The number of hydrogen-bond donors (Lipinski definition) is 1. The average Bonchev–Trinajstić information content (AvgIpc) is 2.54. The first-order valence-electron chi connectivity index (χ1n) is 4.43. The molecule has 1 aromatic heterocycles. The molecule has 0 spiro atoms. The van der Waals surface area contributed by atoms with E-state index in [1.54, 1.807) is 0 Å². The second-order valence-corrected chi connectivity index (χ2v) is 3.99. The van der Waals surface area contributed by atoms with Gasteiger partial charge >= 0.3 is 0 Å². The lowest BCUT2D eigenvalue weighted by Crippen LogP contribution is -2.20. The van der Waals surface area contributed by atoms with Crippen molar-refractivity contribution < 1.29 is 0 Å². The molecule has 1 atom stereocenters. The summed E-state index contributed by atoms with van der Waals surface area (Å²) in [4.78, 5) is 0. The van der Waals surface area contributed by atoms with Gasteiger partial charge in [0, 0.05) is 19.3 Å². The van der Waals surface area contributed by atoms with E-state index < -0.39 is 0 Å². The van der Waals surface area contributed by atoms with Crippen molar-refractivity contribution in [2.45, 2.75) is 12.5 Å². The highest BCUT2D eigenvalue weighted by atomic mass is 32.2. The van der Waals surface area contributed by atoms with Crippen LogP contribution in [0.3, 0.4) is 0 Å². The molecule has 1 aromatic rings. The molecule has 0 bridgehead atoms. The van der Waals surface area contributed by atoms with Gasteiger partial charge in [-0.2, -0.15) is 16.9 Å². The van der Waals surface area contributed by atoms with E-state index in [0.717, 1.165) is 6.42 Å². The predicted octanol–water partition coefficient (Wildman–Crippen LogP) is 1.43. The van der Waals surface area contributed by atoms with Crippen LogP contribution in [0.2, 0.25) is 0 Å². The van der Waals surface area contributed by atoms with Crippen molar-refractivity contribution in [3.63, 3.8) is 0 Å². The van der Waals surface area contributed by atoms with Crippen LogP contribution < -0.4 is 5.32 Å². The van der Waals surface area contributed by atoms with Crippen molar-refractivity contribution in [1.82, 2.24) is 15.1 Å². The minimum atomic E-state index is 0.431. The number of aromatic nitrogens is 2. The third kappa shape index (κ3) is 2.74. The summed E-state index contributed by atoms with van der Waals surface area (Å²) in [6.45, 7) is 0. The van der Waals surface area contributed by atoms with E-state index in [-0.39, 0.29) is 0 Å². The Morgan fingerprint density at radius 2 is 2.46 bits per heavy atom. The summed E-state index contributed by atoms with van der Waals surface area (Å²) in [6.07, 6.45) is 5.13. The lowest BCUT2D eigenvalue weighted by Gasteiger charge is -2.15.